The third kappa shape index (κ3) is 5.94. The maximum absolute atomic E-state index is 13.2. The lowest BCUT2D eigenvalue weighted by Gasteiger charge is -2.37. The molecular formula is C28H30FN3O3S. The molecule has 0 radical (unpaired) electrons. The predicted octanol–water partition coefficient (Wildman–Crippen LogP) is 4.97. The SMILES string of the molecule is COc1cc(C(=S)N2CCN(c3ccc(F)cc3)CC2)ccc1OCC(=O)Nc1cccc(C)c1C. The molecule has 36 heavy (non-hydrogen) atoms. The van der Waals surface area contributed by atoms with E-state index in [1.54, 1.807) is 25.3 Å². The van der Waals surface area contributed by atoms with Crippen molar-refractivity contribution in [3.8, 4) is 11.5 Å². The second-order valence-electron chi connectivity index (χ2n) is 8.71. The quantitative estimate of drug-likeness (QED) is 0.456. The number of piperazine rings is 1. The van der Waals surface area contributed by atoms with Gasteiger partial charge in [-0.1, -0.05) is 24.4 Å². The molecule has 0 unspecified atom stereocenters. The molecule has 188 valence electrons. The third-order valence-electron chi connectivity index (χ3n) is 6.41. The van der Waals surface area contributed by atoms with Gasteiger partial charge in [0, 0.05) is 43.1 Å². The van der Waals surface area contributed by atoms with Crippen LogP contribution in [0.1, 0.15) is 16.7 Å². The number of benzene rings is 3. The number of carbonyl (C=O) groups excluding carboxylic acids is 1. The van der Waals surface area contributed by atoms with Gasteiger partial charge in [0.1, 0.15) is 10.8 Å². The van der Waals surface area contributed by atoms with Gasteiger partial charge in [-0.3, -0.25) is 4.79 Å². The van der Waals surface area contributed by atoms with Crippen LogP contribution in [0, 0.1) is 19.7 Å². The van der Waals surface area contributed by atoms with Gasteiger partial charge in [0.2, 0.25) is 0 Å². The summed E-state index contributed by atoms with van der Waals surface area (Å²) in [7, 11) is 1.56. The van der Waals surface area contributed by atoms with Gasteiger partial charge in [0.05, 0.1) is 7.11 Å². The molecular weight excluding hydrogens is 477 g/mol. The van der Waals surface area contributed by atoms with Gasteiger partial charge >= 0.3 is 0 Å². The fourth-order valence-corrected chi connectivity index (χ4v) is 4.45. The molecule has 4 rings (SSSR count). The van der Waals surface area contributed by atoms with Gasteiger partial charge in [-0.05, 0) is 73.5 Å². The Kier molecular flexibility index (Phi) is 8.05. The van der Waals surface area contributed by atoms with Gasteiger partial charge in [-0.25, -0.2) is 4.39 Å². The molecule has 1 heterocycles. The standard InChI is InChI=1S/C28H30FN3O3S/c1-19-5-4-6-24(20(19)2)30-27(33)18-35-25-12-7-21(17-26(25)34-3)28(36)32-15-13-31(14-16-32)23-10-8-22(29)9-11-23/h4-12,17H,13-16,18H2,1-3H3,(H,30,33). The Bertz CT molecular complexity index is 1240. The normalized spacial score (nSPS) is 13.3. The van der Waals surface area contributed by atoms with E-state index in [2.05, 4.69) is 15.1 Å². The van der Waals surface area contributed by atoms with Crippen LogP contribution in [0.3, 0.4) is 0 Å². The minimum absolute atomic E-state index is 0.140. The fraction of sp³-hybridized carbons (Fsp3) is 0.286. The van der Waals surface area contributed by atoms with Crippen molar-refractivity contribution >= 4 is 34.5 Å². The highest BCUT2D eigenvalue weighted by Crippen LogP contribution is 2.29. The number of methoxy groups -OCH3 is 1. The molecule has 0 bridgehead atoms. The maximum Gasteiger partial charge on any atom is 0.262 e. The number of carbonyl (C=O) groups is 1. The van der Waals surface area contributed by atoms with E-state index in [1.165, 1.54) is 12.1 Å². The summed E-state index contributed by atoms with van der Waals surface area (Å²) < 4.78 is 24.5. The summed E-state index contributed by atoms with van der Waals surface area (Å²) in [4.78, 5) is 17.6. The lowest BCUT2D eigenvalue weighted by Crippen LogP contribution is -2.48. The first-order chi connectivity index (χ1) is 17.4. The zero-order valence-corrected chi connectivity index (χ0v) is 21.5. The molecule has 3 aromatic carbocycles. The molecule has 1 saturated heterocycles. The average molecular weight is 508 g/mol. The van der Waals surface area contributed by atoms with Crippen molar-refractivity contribution < 1.29 is 18.7 Å². The molecule has 8 heteroatoms. The van der Waals surface area contributed by atoms with E-state index >= 15 is 0 Å². The Morgan fingerprint density at radius 1 is 1.00 bits per heavy atom. The molecule has 1 amide bonds. The molecule has 1 aliphatic rings. The smallest absolute Gasteiger partial charge is 0.262 e. The van der Waals surface area contributed by atoms with Crippen LogP contribution in [-0.2, 0) is 4.79 Å². The summed E-state index contributed by atoms with van der Waals surface area (Å²) >= 11 is 5.76. The van der Waals surface area contributed by atoms with Crippen LogP contribution < -0.4 is 19.7 Å². The Morgan fingerprint density at radius 2 is 1.72 bits per heavy atom. The monoisotopic (exact) mass is 507 g/mol. The number of aryl methyl sites for hydroxylation is 1. The summed E-state index contributed by atoms with van der Waals surface area (Å²) in [5.41, 5.74) is 4.77. The molecule has 1 N–H and O–H groups in total. The second kappa shape index (κ2) is 11.4. The van der Waals surface area contributed by atoms with Crippen molar-refractivity contribution in [2.24, 2.45) is 0 Å². The van der Waals surface area contributed by atoms with Crippen molar-refractivity contribution in [2.45, 2.75) is 13.8 Å². The van der Waals surface area contributed by atoms with E-state index in [0.717, 1.165) is 59.2 Å². The number of hydrogen-bond acceptors (Lipinski definition) is 5. The number of amides is 1. The van der Waals surface area contributed by atoms with Gasteiger partial charge in [0.25, 0.3) is 5.91 Å². The Hall–Kier alpha value is -3.65. The second-order valence-corrected chi connectivity index (χ2v) is 9.09. The number of hydrogen-bond donors (Lipinski definition) is 1. The Balaban J connectivity index is 1.34. The van der Waals surface area contributed by atoms with Crippen LogP contribution in [-0.4, -0.2) is 55.7 Å². The number of halogens is 1. The number of rotatable bonds is 7. The summed E-state index contributed by atoms with van der Waals surface area (Å²) in [6.45, 7) is 6.94. The van der Waals surface area contributed by atoms with Crippen LogP contribution >= 0.6 is 12.2 Å². The van der Waals surface area contributed by atoms with E-state index in [-0.39, 0.29) is 18.3 Å². The van der Waals surface area contributed by atoms with Gasteiger partial charge in [-0.2, -0.15) is 0 Å². The molecule has 1 aliphatic heterocycles. The third-order valence-corrected chi connectivity index (χ3v) is 6.90. The molecule has 0 atom stereocenters. The first-order valence-corrected chi connectivity index (χ1v) is 12.2. The highest BCUT2D eigenvalue weighted by atomic mass is 32.1. The molecule has 6 nitrogen and oxygen atoms in total. The van der Waals surface area contributed by atoms with Crippen molar-refractivity contribution in [3.05, 3.63) is 83.2 Å². The van der Waals surface area contributed by atoms with Gasteiger partial charge in [-0.15, -0.1) is 0 Å². The van der Waals surface area contributed by atoms with E-state index in [1.807, 2.05) is 44.2 Å². The number of nitrogens with zero attached hydrogens (tertiary/aromatic N) is 2. The number of thiocarbonyl (C=S) groups is 1. The maximum atomic E-state index is 13.2. The molecule has 3 aromatic rings. The molecule has 1 fully saturated rings. The van der Waals surface area contributed by atoms with Crippen LogP contribution in [0.4, 0.5) is 15.8 Å². The summed E-state index contributed by atoms with van der Waals surface area (Å²) in [5, 5.41) is 2.89. The summed E-state index contributed by atoms with van der Waals surface area (Å²) in [6, 6.07) is 17.9. The molecule has 0 aromatic heterocycles. The van der Waals surface area contributed by atoms with Crippen molar-refractivity contribution in [1.29, 1.82) is 0 Å². The zero-order chi connectivity index (χ0) is 25.7. The topological polar surface area (TPSA) is 54.0 Å². The largest absolute Gasteiger partial charge is 0.493 e. The summed E-state index contributed by atoms with van der Waals surface area (Å²) in [5.74, 6) is 0.506. The number of nitrogens with one attached hydrogen (secondary N) is 1. The lowest BCUT2D eigenvalue weighted by atomic mass is 10.1. The van der Waals surface area contributed by atoms with Gasteiger partial charge in [0.15, 0.2) is 18.1 Å². The Labute approximate surface area is 216 Å². The van der Waals surface area contributed by atoms with Gasteiger partial charge < -0.3 is 24.6 Å². The zero-order valence-electron chi connectivity index (χ0n) is 20.7. The highest BCUT2D eigenvalue weighted by molar-refractivity contribution is 7.80. The number of ether oxygens (including phenoxy) is 2. The highest BCUT2D eigenvalue weighted by Gasteiger charge is 2.21. The van der Waals surface area contributed by atoms with Crippen LogP contribution in [0.5, 0.6) is 11.5 Å². The van der Waals surface area contributed by atoms with Crippen molar-refractivity contribution in [1.82, 2.24) is 4.90 Å². The van der Waals surface area contributed by atoms with Crippen LogP contribution in [0.25, 0.3) is 0 Å². The van der Waals surface area contributed by atoms with Crippen molar-refractivity contribution in [3.63, 3.8) is 0 Å². The molecule has 0 spiro atoms. The average Bonchev–Trinajstić information content (AvgIpc) is 2.90. The van der Waals surface area contributed by atoms with E-state index < -0.39 is 0 Å². The fourth-order valence-electron chi connectivity index (χ4n) is 4.14. The molecule has 0 saturated carbocycles. The minimum Gasteiger partial charge on any atom is -0.493 e. The first-order valence-electron chi connectivity index (χ1n) is 11.8. The summed E-state index contributed by atoms with van der Waals surface area (Å²) in [6.07, 6.45) is 0. The van der Waals surface area contributed by atoms with Crippen molar-refractivity contribution in [2.75, 3.05) is 50.1 Å². The number of anilines is 2. The van der Waals surface area contributed by atoms with Crippen LogP contribution in [0.2, 0.25) is 0 Å². The minimum atomic E-state index is -0.246. The predicted molar refractivity (Wildman–Crippen MR) is 145 cm³/mol. The Morgan fingerprint density at radius 3 is 2.42 bits per heavy atom. The van der Waals surface area contributed by atoms with E-state index in [0.29, 0.717) is 11.5 Å². The van der Waals surface area contributed by atoms with E-state index in [9.17, 15) is 9.18 Å². The molecule has 0 aliphatic carbocycles. The van der Waals surface area contributed by atoms with Crippen LogP contribution in [0.15, 0.2) is 60.7 Å². The van der Waals surface area contributed by atoms with E-state index in [4.69, 9.17) is 21.7 Å². The lowest BCUT2D eigenvalue weighted by molar-refractivity contribution is -0.118. The first kappa shape index (κ1) is 25.4.